The first kappa shape index (κ1) is 15.5. The van der Waals surface area contributed by atoms with Gasteiger partial charge in [-0.15, -0.1) is 0 Å². The van der Waals surface area contributed by atoms with Gasteiger partial charge in [-0.25, -0.2) is 8.42 Å². The van der Waals surface area contributed by atoms with Crippen molar-refractivity contribution in [2.75, 3.05) is 4.72 Å². The summed E-state index contributed by atoms with van der Waals surface area (Å²) in [4.78, 5) is 4.25. The molecule has 4 nitrogen and oxygen atoms in total. The Morgan fingerprint density at radius 2 is 1.57 bits per heavy atom. The Hall–Kier alpha value is -2.37. The maximum atomic E-state index is 12.4. The van der Waals surface area contributed by atoms with Crippen molar-refractivity contribution in [3.8, 4) is 11.1 Å². The Morgan fingerprint density at radius 3 is 2.26 bits per heavy atom. The molecule has 3 aromatic rings. The van der Waals surface area contributed by atoms with E-state index in [0.29, 0.717) is 10.7 Å². The van der Waals surface area contributed by atoms with Gasteiger partial charge in [-0.3, -0.25) is 9.71 Å². The lowest BCUT2D eigenvalue weighted by atomic mass is 10.1. The Kier molecular flexibility index (Phi) is 4.32. The quantitative estimate of drug-likeness (QED) is 0.771. The average molecular weight is 345 g/mol. The van der Waals surface area contributed by atoms with Crippen molar-refractivity contribution in [2.45, 2.75) is 4.90 Å². The molecule has 0 atom stereocenters. The van der Waals surface area contributed by atoms with Gasteiger partial charge in [0.15, 0.2) is 0 Å². The van der Waals surface area contributed by atoms with Crippen LogP contribution in [0, 0.1) is 0 Å². The highest BCUT2D eigenvalue weighted by molar-refractivity contribution is 7.92. The molecule has 1 heterocycles. The number of hydrogen-bond acceptors (Lipinski definition) is 3. The fraction of sp³-hybridized carbons (Fsp3) is 0. The minimum absolute atomic E-state index is 0.145. The molecule has 116 valence electrons. The van der Waals surface area contributed by atoms with Crippen LogP contribution in [0.25, 0.3) is 11.1 Å². The molecule has 0 unspecified atom stereocenters. The lowest BCUT2D eigenvalue weighted by Crippen LogP contribution is -2.13. The zero-order valence-electron chi connectivity index (χ0n) is 12.0. The smallest absolute Gasteiger partial charge is 0.261 e. The van der Waals surface area contributed by atoms with Gasteiger partial charge in [0.2, 0.25) is 0 Å². The molecule has 0 amide bonds. The lowest BCUT2D eigenvalue weighted by Gasteiger charge is -2.09. The molecule has 0 saturated carbocycles. The summed E-state index contributed by atoms with van der Waals surface area (Å²) in [5.74, 6) is 0. The molecule has 0 spiro atoms. The maximum Gasteiger partial charge on any atom is 0.261 e. The van der Waals surface area contributed by atoms with Crippen LogP contribution in [0.4, 0.5) is 5.69 Å². The predicted octanol–water partition coefficient (Wildman–Crippen LogP) is 4.20. The van der Waals surface area contributed by atoms with Crippen molar-refractivity contribution in [1.82, 2.24) is 4.98 Å². The van der Waals surface area contributed by atoms with E-state index >= 15 is 0 Å². The Labute approximate surface area is 139 Å². The molecule has 0 aliphatic heterocycles. The number of nitrogens with zero attached hydrogens (tertiary/aromatic N) is 1. The van der Waals surface area contributed by atoms with Gasteiger partial charge in [-0.2, -0.15) is 0 Å². The van der Waals surface area contributed by atoms with E-state index in [4.69, 9.17) is 11.6 Å². The third-order valence-electron chi connectivity index (χ3n) is 3.22. The van der Waals surface area contributed by atoms with E-state index in [1.54, 1.807) is 12.3 Å². The second kappa shape index (κ2) is 6.40. The number of nitrogens with one attached hydrogen (secondary N) is 1. The van der Waals surface area contributed by atoms with E-state index in [9.17, 15) is 8.42 Å². The highest BCUT2D eigenvalue weighted by Gasteiger charge is 2.14. The number of sulfonamides is 1. The van der Waals surface area contributed by atoms with Crippen LogP contribution in [-0.2, 0) is 10.0 Å². The average Bonchev–Trinajstić information content (AvgIpc) is 2.56. The first-order valence-electron chi connectivity index (χ1n) is 6.83. The number of aromatic nitrogens is 1. The first-order chi connectivity index (χ1) is 11.0. The normalized spacial score (nSPS) is 11.2. The fourth-order valence-electron chi connectivity index (χ4n) is 2.11. The summed E-state index contributed by atoms with van der Waals surface area (Å²) < 4.78 is 27.3. The zero-order chi connectivity index (χ0) is 16.3. The van der Waals surface area contributed by atoms with Crippen LogP contribution >= 0.6 is 11.6 Å². The molecule has 2 aromatic carbocycles. The van der Waals surface area contributed by atoms with Crippen LogP contribution in [0.1, 0.15) is 0 Å². The topological polar surface area (TPSA) is 59.1 Å². The Morgan fingerprint density at radius 1 is 0.870 bits per heavy atom. The van der Waals surface area contributed by atoms with Gasteiger partial charge >= 0.3 is 0 Å². The van der Waals surface area contributed by atoms with Gasteiger partial charge in [0.1, 0.15) is 0 Å². The summed E-state index contributed by atoms with van der Waals surface area (Å²) >= 11 is 5.79. The lowest BCUT2D eigenvalue weighted by molar-refractivity contribution is 0.601. The highest BCUT2D eigenvalue weighted by atomic mass is 35.5. The molecule has 1 aromatic heterocycles. The van der Waals surface area contributed by atoms with Crippen molar-refractivity contribution in [3.05, 3.63) is 78.1 Å². The third-order valence-corrected chi connectivity index (χ3v) is 4.87. The third kappa shape index (κ3) is 3.70. The van der Waals surface area contributed by atoms with Gasteiger partial charge < -0.3 is 0 Å². The molecule has 23 heavy (non-hydrogen) atoms. The first-order valence-corrected chi connectivity index (χ1v) is 8.69. The second-order valence-electron chi connectivity index (χ2n) is 4.89. The molecule has 3 rings (SSSR count). The number of pyridine rings is 1. The zero-order valence-corrected chi connectivity index (χ0v) is 13.6. The van der Waals surface area contributed by atoms with Gasteiger partial charge in [-0.1, -0.05) is 41.9 Å². The Balaban J connectivity index is 1.90. The largest absolute Gasteiger partial charge is 0.278 e. The second-order valence-corrected chi connectivity index (χ2v) is 7.01. The van der Waals surface area contributed by atoms with Crippen molar-refractivity contribution >= 4 is 27.3 Å². The van der Waals surface area contributed by atoms with Crippen molar-refractivity contribution in [2.24, 2.45) is 0 Å². The Bertz CT molecular complexity index is 911. The van der Waals surface area contributed by atoms with E-state index in [2.05, 4.69) is 9.71 Å². The molecule has 0 fully saturated rings. The maximum absolute atomic E-state index is 12.4. The van der Waals surface area contributed by atoms with Gasteiger partial charge in [-0.05, 0) is 35.9 Å². The fourth-order valence-corrected chi connectivity index (χ4v) is 3.27. The molecule has 0 bridgehead atoms. The molecule has 0 aliphatic carbocycles. The summed E-state index contributed by atoms with van der Waals surface area (Å²) in [5, 5.41) is 0.483. The van der Waals surface area contributed by atoms with Crippen molar-refractivity contribution < 1.29 is 8.42 Å². The van der Waals surface area contributed by atoms with E-state index in [-0.39, 0.29) is 4.90 Å². The van der Waals surface area contributed by atoms with E-state index in [1.807, 2.05) is 30.3 Å². The van der Waals surface area contributed by atoms with E-state index in [0.717, 1.165) is 11.1 Å². The van der Waals surface area contributed by atoms with Crippen LogP contribution < -0.4 is 4.72 Å². The molecule has 0 aliphatic rings. The van der Waals surface area contributed by atoms with Crippen LogP contribution in [-0.4, -0.2) is 13.4 Å². The number of halogens is 1. The molecule has 0 saturated heterocycles. The van der Waals surface area contributed by atoms with Crippen LogP contribution in [0.3, 0.4) is 0 Å². The van der Waals surface area contributed by atoms with E-state index in [1.165, 1.54) is 30.5 Å². The number of benzene rings is 2. The van der Waals surface area contributed by atoms with Gasteiger partial charge in [0.05, 0.1) is 16.8 Å². The van der Waals surface area contributed by atoms with E-state index < -0.39 is 10.0 Å². The summed E-state index contributed by atoms with van der Waals surface area (Å²) in [5.41, 5.74) is 2.20. The van der Waals surface area contributed by atoms with Crippen LogP contribution in [0.5, 0.6) is 0 Å². The van der Waals surface area contributed by atoms with Crippen molar-refractivity contribution in [1.29, 1.82) is 0 Å². The predicted molar refractivity (Wildman–Crippen MR) is 91.9 cm³/mol. The van der Waals surface area contributed by atoms with Gasteiger partial charge in [0, 0.05) is 16.8 Å². The minimum atomic E-state index is -3.68. The summed E-state index contributed by atoms with van der Waals surface area (Å²) in [6.07, 6.45) is 3.16. The molecule has 0 radical (unpaired) electrons. The SMILES string of the molecule is O=S(=O)(Nc1cncc(-c2ccccc2)c1)c1ccc(Cl)cc1. The monoisotopic (exact) mass is 344 g/mol. The molecule has 6 heteroatoms. The summed E-state index contributed by atoms with van der Waals surface area (Å²) in [6.45, 7) is 0. The highest BCUT2D eigenvalue weighted by Crippen LogP contribution is 2.23. The summed E-state index contributed by atoms with van der Waals surface area (Å²) in [6, 6.07) is 17.4. The number of rotatable bonds is 4. The van der Waals surface area contributed by atoms with Gasteiger partial charge in [0.25, 0.3) is 10.0 Å². The molecular weight excluding hydrogens is 332 g/mol. The summed E-state index contributed by atoms with van der Waals surface area (Å²) in [7, 11) is -3.68. The number of anilines is 1. The van der Waals surface area contributed by atoms with Crippen molar-refractivity contribution in [3.63, 3.8) is 0 Å². The molecule has 1 N–H and O–H groups in total. The molecular formula is C17H13ClN2O2S. The van der Waals surface area contributed by atoms with Crippen LogP contribution in [0.15, 0.2) is 78.0 Å². The number of hydrogen-bond donors (Lipinski definition) is 1. The standard InChI is InChI=1S/C17H13ClN2O2S/c18-15-6-8-17(9-7-15)23(21,22)20-16-10-14(11-19-12-16)13-4-2-1-3-5-13/h1-12,20H. The minimum Gasteiger partial charge on any atom is -0.278 e. The van der Waals surface area contributed by atoms with Crippen LogP contribution in [0.2, 0.25) is 5.02 Å².